The number of anilines is 1. The van der Waals surface area contributed by atoms with E-state index in [0.29, 0.717) is 0 Å². The zero-order valence-corrected chi connectivity index (χ0v) is 11.5. The van der Waals surface area contributed by atoms with Crippen LogP contribution in [0.25, 0.3) is 5.52 Å². The Bertz CT molecular complexity index is 631. The van der Waals surface area contributed by atoms with Crippen molar-refractivity contribution in [2.24, 2.45) is 0 Å². The molecule has 0 unspecified atom stereocenters. The Balaban J connectivity index is 2.05. The van der Waals surface area contributed by atoms with E-state index in [0.717, 1.165) is 42.7 Å². The second-order valence-electron chi connectivity index (χ2n) is 5.33. The molecule has 20 heavy (non-hydrogen) atoms. The maximum Gasteiger partial charge on any atom is 0.323 e. The van der Waals surface area contributed by atoms with Crippen molar-refractivity contribution in [1.29, 1.82) is 0 Å². The first-order valence-corrected chi connectivity index (χ1v) is 6.94. The van der Waals surface area contributed by atoms with Gasteiger partial charge >= 0.3 is 5.97 Å². The van der Waals surface area contributed by atoms with Gasteiger partial charge in [-0.3, -0.25) is 4.79 Å². The van der Waals surface area contributed by atoms with Gasteiger partial charge in [0, 0.05) is 18.4 Å². The lowest BCUT2D eigenvalue weighted by molar-refractivity contribution is -0.135. The molecule has 6 nitrogen and oxygen atoms in total. The van der Waals surface area contributed by atoms with Crippen molar-refractivity contribution in [3.8, 4) is 0 Å². The lowest BCUT2D eigenvalue weighted by Gasteiger charge is -2.28. The topological polar surface area (TPSA) is 70.7 Å². The minimum absolute atomic E-state index is 0.0123. The Morgan fingerprint density at radius 1 is 1.50 bits per heavy atom. The molecule has 0 amide bonds. The van der Waals surface area contributed by atoms with Crippen molar-refractivity contribution in [2.75, 3.05) is 11.4 Å². The summed E-state index contributed by atoms with van der Waals surface area (Å²) in [5.41, 5.74) is 1.78. The van der Waals surface area contributed by atoms with Gasteiger partial charge in [0.05, 0.1) is 5.69 Å². The molecule has 3 rings (SSSR count). The smallest absolute Gasteiger partial charge is 0.323 e. The van der Waals surface area contributed by atoms with Gasteiger partial charge in [-0.1, -0.05) is 12.8 Å². The van der Waals surface area contributed by atoms with Crippen LogP contribution in [-0.2, 0) is 4.79 Å². The van der Waals surface area contributed by atoms with Crippen molar-refractivity contribution >= 4 is 17.3 Å². The second kappa shape index (κ2) is 5.11. The standard InChI is InChI=1S/C14H18N4O2/c1-10-8-12-14(15-6-7-18(12)16-10)17(9-13(19)20)11-4-2-3-5-11/h6-8,11H,2-5,9H2,1H3,(H,19,20). The third-order valence-corrected chi connectivity index (χ3v) is 3.83. The van der Waals surface area contributed by atoms with Gasteiger partial charge in [-0.15, -0.1) is 0 Å². The molecule has 2 heterocycles. The van der Waals surface area contributed by atoms with Crippen LogP contribution in [0.15, 0.2) is 18.5 Å². The number of rotatable bonds is 4. The molecule has 1 fully saturated rings. The highest BCUT2D eigenvalue weighted by Crippen LogP contribution is 2.29. The fourth-order valence-corrected chi connectivity index (χ4v) is 2.99. The van der Waals surface area contributed by atoms with Gasteiger partial charge in [0.2, 0.25) is 0 Å². The van der Waals surface area contributed by atoms with Gasteiger partial charge in [0.15, 0.2) is 5.82 Å². The summed E-state index contributed by atoms with van der Waals surface area (Å²) in [5.74, 6) is -0.0978. The number of aryl methyl sites for hydroxylation is 1. The fraction of sp³-hybridized carbons (Fsp3) is 0.500. The number of aliphatic carboxylic acids is 1. The average molecular weight is 274 g/mol. The van der Waals surface area contributed by atoms with Crippen molar-refractivity contribution in [2.45, 2.75) is 38.6 Å². The van der Waals surface area contributed by atoms with Gasteiger partial charge in [-0.05, 0) is 25.8 Å². The van der Waals surface area contributed by atoms with Crippen molar-refractivity contribution in [3.05, 3.63) is 24.2 Å². The quantitative estimate of drug-likeness (QED) is 0.921. The molecule has 1 aliphatic carbocycles. The molecule has 0 saturated heterocycles. The van der Waals surface area contributed by atoms with E-state index in [4.69, 9.17) is 0 Å². The lowest BCUT2D eigenvalue weighted by Crippen LogP contribution is -2.38. The number of carboxylic acids is 1. The van der Waals surface area contributed by atoms with Crippen molar-refractivity contribution in [1.82, 2.24) is 14.6 Å². The van der Waals surface area contributed by atoms with Gasteiger partial charge in [0.25, 0.3) is 0 Å². The Labute approximate surface area is 117 Å². The normalized spacial score (nSPS) is 15.8. The number of aromatic nitrogens is 3. The Morgan fingerprint density at radius 2 is 2.25 bits per heavy atom. The Hall–Kier alpha value is -2.11. The molecule has 0 aliphatic heterocycles. The van der Waals surface area contributed by atoms with Crippen LogP contribution in [0.4, 0.5) is 5.82 Å². The van der Waals surface area contributed by atoms with Crippen molar-refractivity contribution < 1.29 is 9.90 Å². The summed E-state index contributed by atoms with van der Waals surface area (Å²) in [4.78, 5) is 17.5. The van der Waals surface area contributed by atoms with E-state index in [1.807, 2.05) is 17.9 Å². The summed E-state index contributed by atoms with van der Waals surface area (Å²) in [6.07, 6.45) is 7.84. The molecule has 2 aromatic rings. The molecule has 1 aliphatic rings. The first-order valence-electron chi connectivity index (χ1n) is 6.94. The number of carbonyl (C=O) groups is 1. The van der Waals surface area contributed by atoms with Gasteiger partial charge in [0.1, 0.15) is 12.1 Å². The Kier molecular flexibility index (Phi) is 3.30. The van der Waals surface area contributed by atoms with E-state index >= 15 is 0 Å². The summed E-state index contributed by atoms with van der Waals surface area (Å²) >= 11 is 0. The van der Waals surface area contributed by atoms with E-state index in [-0.39, 0.29) is 12.6 Å². The SMILES string of the molecule is Cc1cc2c(N(CC(=O)O)C3CCCC3)nccn2n1. The van der Waals surface area contributed by atoms with Gasteiger partial charge in [-0.2, -0.15) is 5.10 Å². The Morgan fingerprint density at radius 3 is 2.95 bits per heavy atom. The minimum Gasteiger partial charge on any atom is -0.480 e. The van der Waals surface area contributed by atoms with E-state index in [9.17, 15) is 9.90 Å². The molecule has 0 atom stereocenters. The van der Waals surface area contributed by atoms with Crippen LogP contribution in [0.1, 0.15) is 31.4 Å². The number of fused-ring (bicyclic) bond motifs is 1. The van der Waals surface area contributed by atoms with E-state index in [1.54, 1.807) is 16.9 Å². The van der Waals surface area contributed by atoms with Crippen LogP contribution < -0.4 is 4.90 Å². The number of nitrogens with zero attached hydrogens (tertiary/aromatic N) is 4. The molecule has 0 aromatic carbocycles. The van der Waals surface area contributed by atoms with Crippen LogP contribution >= 0.6 is 0 Å². The molecule has 0 spiro atoms. The molecular formula is C14H18N4O2. The maximum atomic E-state index is 11.2. The third-order valence-electron chi connectivity index (χ3n) is 3.83. The summed E-state index contributed by atoms with van der Waals surface area (Å²) in [6.45, 7) is 1.91. The summed E-state index contributed by atoms with van der Waals surface area (Å²) in [5, 5.41) is 13.6. The van der Waals surface area contributed by atoms with Crippen LogP contribution in [0.5, 0.6) is 0 Å². The first kappa shape index (κ1) is 12.9. The van der Waals surface area contributed by atoms with Crippen LogP contribution in [-0.4, -0.2) is 38.3 Å². The second-order valence-corrected chi connectivity index (χ2v) is 5.33. The predicted molar refractivity (Wildman–Crippen MR) is 75.0 cm³/mol. The van der Waals surface area contributed by atoms with Crippen LogP contribution in [0.3, 0.4) is 0 Å². The minimum atomic E-state index is -0.822. The fourth-order valence-electron chi connectivity index (χ4n) is 2.99. The summed E-state index contributed by atoms with van der Waals surface area (Å²) < 4.78 is 1.77. The highest BCUT2D eigenvalue weighted by molar-refractivity contribution is 5.78. The number of hydrogen-bond acceptors (Lipinski definition) is 4. The van der Waals surface area contributed by atoms with Crippen molar-refractivity contribution in [3.63, 3.8) is 0 Å². The molecule has 6 heteroatoms. The first-order chi connectivity index (χ1) is 9.65. The predicted octanol–water partition coefficient (Wildman–Crippen LogP) is 1.87. The molecule has 1 N–H and O–H groups in total. The third kappa shape index (κ3) is 2.33. The lowest BCUT2D eigenvalue weighted by atomic mass is 10.2. The molecular weight excluding hydrogens is 256 g/mol. The largest absolute Gasteiger partial charge is 0.480 e. The summed E-state index contributed by atoms with van der Waals surface area (Å²) in [6, 6.07) is 2.21. The molecule has 0 radical (unpaired) electrons. The van der Waals surface area contributed by atoms with E-state index in [1.165, 1.54) is 0 Å². The number of carboxylic acid groups (broad SMARTS) is 1. The van der Waals surface area contributed by atoms with Crippen LogP contribution in [0, 0.1) is 6.92 Å². The molecule has 106 valence electrons. The summed E-state index contributed by atoms with van der Waals surface area (Å²) in [7, 11) is 0. The molecule has 1 saturated carbocycles. The van der Waals surface area contributed by atoms with Crippen LogP contribution in [0.2, 0.25) is 0 Å². The zero-order chi connectivity index (χ0) is 14.1. The maximum absolute atomic E-state index is 11.2. The van der Waals surface area contributed by atoms with E-state index in [2.05, 4.69) is 10.1 Å². The average Bonchev–Trinajstić information content (AvgIpc) is 3.02. The van der Waals surface area contributed by atoms with Gasteiger partial charge < -0.3 is 10.0 Å². The monoisotopic (exact) mass is 274 g/mol. The highest BCUT2D eigenvalue weighted by Gasteiger charge is 2.27. The zero-order valence-electron chi connectivity index (χ0n) is 11.5. The molecule has 2 aromatic heterocycles. The highest BCUT2D eigenvalue weighted by atomic mass is 16.4. The molecule has 0 bridgehead atoms. The number of hydrogen-bond donors (Lipinski definition) is 1. The van der Waals surface area contributed by atoms with E-state index < -0.39 is 5.97 Å². The van der Waals surface area contributed by atoms with Gasteiger partial charge in [-0.25, -0.2) is 9.50 Å².